The summed E-state index contributed by atoms with van der Waals surface area (Å²) in [5.41, 5.74) is 4.69. The first-order valence-corrected chi connectivity index (χ1v) is 8.81. The molecule has 138 valence electrons. The van der Waals surface area contributed by atoms with Gasteiger partial charge in [0.05, 0.1) is 21.6 Å². The van der Waals surface area contributed by atoms with Gasteiger partial charge in [-0.2, -0.15) is 0 Å². The Kier molecular flexibility index (Phi) is 4.37. The predicted molar refractivity (Wildman–Crippen MR) is 88.7 cm³/mol. The molecule has 0 saturated carbocycles. The van der Waals surface area contributed by atoms with E-state index >= 15 is 0 Å². The van der Waals surface area contributed by atoms with Crippen LogP contribution in [0.2, 0.25) is 0 Å². The van der Waals surface area contributed by atoms with Crippen molar-refractivity contribution in [3.63, 3.8) is 0 Å². The van der Waals surface area contributed by atoms with Crippen LogP contribution in [0.4, 0.5) is 4.79 Å². The zero-order chi connectivity index (χ0) is 19.8. The number of imide groups is 1. The summed E-state index contributed by atoms with van der Waals surface area (Å²) in [5, 5.41) is 0.301. The van der Waals surface area contributed by atoms with E-state index in [4.69, 9.17) is 10.6 Å². The molecule has 1 heterocycles. The van der Waals surface area contributed by atoms with E-state index in [9.17, 15) is 27.6 Å². The molecule has 4 amide bonds. The molecule has 0 aromatic heterocycles. The van der Waals surface area contributed by atoms with E-state index in [0.29, 0.717) is 5.06 Å². The molecule has 0 bridgehead atoms. The highest BCUT2D eigenvalue weighted by atomic mass is 32.2. The van der Waals surface area contributed by atoms with E-state index in [1.54, 1.807) is 16.9 Å². The zero-order valence-corrected chi connectivity index (χ0v) is 14.2. The number of nitrogens with one attached hydrogen (secondary N) is 1. The molecule has 0 radical (unpaired) electrons. The number of sulfonamides is 1. The number of fused-ring (bicyclic) bond motifs is 1. The van der Waals surface area contributed by atoms with E-state index in [1.807, 2.05) is 0 Å². The third-order valence-corrected chi connectivity index (χ3v) is 4.89. The molecule has 2 aromatic rings. The number of carbonyl (C=O) groups is 4. The number of urea groups is 1. The monoisotopic (exact) mass is 389 g/mol. The van der Waals surface area contributed by atoms with Crippen molar-refractivity contribution in [3.05, 3.63) is 65.2 Å². The van der Waals surface area contributed by atoms with Crippen LogP contribution in [-0.4, -0.2) is 37.3 Å². The van der Waals surface area contributed by atoms with Gasteiger partial charge >= 0.3 is 12.0 Å². The van der Waals surface area contributed by atoms with Gasteiger partial charge in [-0.05, 0) is 30.3 Å². The normalized spacial score (nSPS) is 13.3. The second-order valence-electron chi connectivity index (χ2n) is 5.33. The maximum absolute atomic E-state index is 12.3. The highest BCUT2D eigenvalue weighted by Crippen LogP contribution is 2.23. The van der Waals surface area contributed by atoms with Gasteiger partial charge in [-0.15, -0.1) is 0 Å². The lowest BCUT2D eigenvalue weighted by Gasteiger charge is -2.13. The quantitative estimate of drug-likeness (QED) is 0.718. The van der Waals surface area contributed by atoms with E-state index in [-0.39, 0.29) is 16.7 Å². The molecular formula is C16H11N3O7S. The Morgan fingerprint density at radius 2 is 1.56 bits per heavy atom. The second kappa shape index (κ2) is 6.53. The Morgan fingerprint density at radius 1 is 0.963 bits per heavy atom. The fourth-order valence-corrected chi connectivity index (χ4v) is 3.29. The predicted octanol–water partition coefficient (Wildman–Crippen LogP) is 0.412. The van der Waals surface area contributed by atoms with Crippen LogP contribution in [0, 0.1) is 0 Å². The fraction of sp³-hybridized carbons (Fsp3) is 0. The Morgan fingerprint density at radius 3 is 2.11 bits per heavy atom. The Bertz CT molecular complexity index is 1060. The van der Waals surface area contributed by atoms with Crippen LogP contribution >= 0.6 is 0 Å². The molecule has 0 spiro atoms. The molecule has 0 saturated heterocycles. The first-order chi connectivity index (χ1) is 12.7. The van der Waals surface area contributed by atoms with Gasteiger partial charge in [-0.25, -0.2) is 22.7 Å². The number of hydroxylamine groups is 2. The Balaban J connectivity index is 1.84. The van der Waals surface area contributed by atoms with Crippen LogP contribution in [0.15, 0.2) is 53.4 Å². The lowest BCUT2D eigenvalue weighted by molar-refractivity contribution is -0.0584. The minimum absolute atomic E-state index is 0.0808. The number of primary amides is 1. The minimum Gasteiger partial charge on any atom is -0.351 e. The van der Waals surface area contributed by atoms with Crippen LogP contribution in [0.5, 0.6) is 0 Å². The Labute approximate surface area is 152 Å². The minimum atomic E-state index is -4.29. The SMILES string of the molecule is NC(=O)NS(=O)(=O)c1cccc(C(=O)ON2C(=O)c3ccccc3C2=O)c1. The third-order valence-electron chi connectivity index (χ3n) is 3.55. The van der Waals surface area contributed by atoms with E-state index < -0.39 is 38.7 Å². The summed E-state index contributed by atoms with van der Waals surface area (Å²) in [7, 11) is -4.29. The van der Waals surface area contributed by atoms with Crippen molar-refractivity contribution < 1.29 is 32.4 Å². The number of rotatable bonds is 4. The molecule has 2 aromatic carbocycles. The number of nitrogens with two attached hydrogens (primary N) is 1. The first kappa shape index (κ1) is 18.1. The second-order valence-corrected chi connectivity index (χ2v) is 7.01. The van der Waals surface area contributed by atoms with Crippen molar-refractivity contribution in [2.24, 2.45) is 5.73 Å². The summed E-state index contributed by atoms with van der Waals surface area (Å²) in [5.74, 6) is -2.77. The van der Waals surface area contributed by atoms with Gasteiger partial charge < -0.3 is 10.6 Å². The number of carbonyl (C=O) groups excluding carboxylic acids is 4. The molecule has 11 heteroatoms. The molecule has 0 aliphatic carbocycles. The number of hydrogen-bond acceptors (Lipinski definition) is 7. The lowest BCUT2D eigenvalue weighted by atomic mass is 10.1. The van der Waals surface area contributed by atoms with Crippen molar-refractivity contribution in [1.29, 1.82) is 0 Å². The van der Waals surface area contributed by atoms with Gasteiger partial charge in [0.15, 0.2) is 0 Å². The maximum atomic E-state index is 12.3. The van der Waals surface area contributed by atoms with Crippen LogP contribution in [-0.2, 0) is 14.9 Å². The first-order valence-electron chi connectivity index (χ1n) is 7.33. The molecule has 10 nitrogen and oxygen atoms in total. The molecule has 0 atom stereocenters. The molecule has 3 rings (SSSR count). The van der Waals surface area contributed by atoms with Gasteiger partial charge in [-0.3, -0.25) is 9.59 Å². The van der Waals surface area contributed by atoms with Crippen LogP contribution in [0.1, 0.15) is 31.1 Å². The van der Waals surface area contributed by atoms with E-state index in [1.165, 1.54) is 24.3 Å². The number of nitrogens with zero attached hydrogens (tertiary/aromatic N) is 1. The molecule has 27 heavy (non-hydrogen) atoms. The Hall–Kier alpha value is -3.73. The highest BCUT2D eigenvalue weighted by molar-refractivity contribution is 7.90. The van der Waals surface area contributed by atoms with Gasteiger partial charge in [0, 0.05) is 0 Å². The molecule has 0 unspecified atom stereocenters. The number of benzene rings is 2. The van der Waals surface area contributed by atoms with Crippen LogP contribution < -0.4 is 10.5 Å². The van der Waals surface area contributed by atoms with Crippen molar-refractivity contribution in [3.8, 4) is 0 Å². The standard InChI is InChI=1S/C16H11N3O7S/c17-16(23)18-27(24,25)10-5-3-4-9(8-10)15(22)26-19-13(20)11-6-1-2-7-12(11)14(19)21/h1-8H,(H3,17,18,23). The fourth-order valence-electron chi connectivity index (χ4n) is 2.37. The average molecular weight is 389 g/mol. The molecule has 1 aliphatic rings. The summed E-state index contributed by atoms with van der Waals surface area (Å²) in [6.07, 6.45) is 0. The highest BCUT2D eigenvalue weighted by Gasteiger charge is 2.38. The summed E-state index contributed by atoms with van der Waals surface area (Å²) in [4.78, 5) is 51.8. The van der Waals surface area contributed by atoms with Crippen molar-refractivity contribution >= 4 is 33.8 Å². The smallest absolute Gasteiger partial charge is 0.351 e. The summed E-state index contributed by atoms with van der Waals surface area (Å²) in [6.45, 7) is 0. The van der Waals surface area contributed by atoms with Crippen LogP contribution in [0.3, 0.4) is 0 Å². The van der Waals surface area contributed by atoms with Gasteiger partial charge in [0.1, 0.15) is 0 Å². The van der Waals surface area contributed by atoms with Crippen molar-refractivity contribution in [2.75, 3.05) is 0 Å². The molecular weight excluding hydrogens is 378 g/mol. The summed E-state index contributed by atoms with van der Waals surface area (Å²) < 4.78 is 25.4. The molecule has 1 aliphatic heterocycles. The van der Waals surface area contributed by atoms with Crippen molar-refractivity contribution in [2.45, 2.75) is 4.90 Å². The molecule has 3 N–H and O–H groups in total. The van der Waals surface area contributed by atoms with Gasteiger partial charge in [-0.1, -0.05) is 23.3 Å². The van der Waals surface area contributed by atoms with E-state index in [0.717, 1.165) is 12.1 Å². The topological polar surface area (TPSA) is 153 Å². The van der Waals surface area contributed by atoms with E-state index in [2.05, 4.69) is 0 Å². The summed E-state index contributed by atoms with van der Waals surface area (Å²) in [6, 6.07) is 9.07. The van der Waals surface area contributed by atoms with Gasteiger partial charge in [0.25, 0.3) is 21.8 Å². The maximum Gasteiger partial charge on any atom is 0.363 e. The zero-order valence-electron chi connectivity index (χ0n) is 13.4. The van der Waals surface area contributed by atoms with Crippen LogP contribution in [0.25, 0.3) is 0 Å². The molecule has 0 fully saturated rings. The third kappa shape index (κ3) is 3.35. The average Bonchev–Trinajstić information content (AvgIpc) is 2.86. The largest absolute Gasteiger partial charge is 0.363 e. The number of amides is 4. The van der Waals surface area contributed by atoms with Gasteiger partial charge in [0.2, 0.25) is 0 Å². The van der Waals surface area contributed by atoms with Crippen molar-refractivity contribution in [1.82, 2.24) is 9.79 Å². The number of hydrogen-bond donors (Lipinski definition) is 2. The summed E-state index contributed by atoms with van der Waals surface area (Å²) >= 11 is 0. The lowest BCUT2D eigenvalue weighted by Crippen LogP contribution is -2.35.